The molecular weight excluding hydrogens is 347 g/mol. The fraction of sp³-hybridized carbons (Fsp3) is 0.222. The minimum Gasteiger partial charge on any atom is -0.390 e. The van der Waals surface area contributed by atoms with E-state index in [1.54, 1.807) is 23.1 Å². The maximum absolute atomic E-state index is 12.8. The van der Waals surface area contributed by atoms with E-state index in [-0.39, 0.29) is 17.9 Å². The van der Waals surface area contributed by atoms with Crippen LogP contribution in [0.15, 0.2) is 53.7 Å². The standard InChI is InChI=1S/C18H14Cl2N2O2/c19-12-6-7-13(15(20)8-12)18(23)22-9-14-16(10-22)24-21-17(14)11-4-2-1-3-5-11/h1-8,14,16H,9-10H2. The summed E-state index contributed by atoms with van der Waals surface area (Å²) in [6.07, 6.45) is -0.102. The van der Waals surface area contributed by atoms with Gasteiger partial charge in [-0.15, -0.1) is 0 Å². The molecule has 4 nitrogen and oxygen atoms in total. The van der Waals surface area contributed by atoms with Crippen LogP contribution >= 0.6 is 23.2 Å². The summed E-state index contributed by atoms with van der Waals surface area (Å²) in [5, 5.41) is 5.10. The number of halogens is 2. The average Bonchev–Trinajstić information content (AvgIpc) is 3.15. The summed E-state index contributed by atoms with van der Waals surface area (Å²) in [6, 6.07) is 14.8. The van der Waals surface area contributed by atoms with Gasteiger partial charge in [0.2, 0.25) is 0 Å². The smallest absolute Gasteiger partial charge is 0.255 e. The summed E-state index contributed by atoms with van der Waals surface area (Å²) in [5.74, 6) is -0.0236. The molecular formula is C18H14Cl2N2O2. The molecule has 0 aliphatic carbocycles. The average molecular weight is 361 g/mol. The number of amides is 1. The van der Waals surface area contributed by atoms with Crippen molar-refractivity contribution >= 4 is 34.8 Å². The lowest BCUT2D eigenvalue weighted by Gasteiger charge is -2.17. The van der Waals surface area contributed by atoms with Gasteiger partial charge < -0.3 is 9.74 Å². The van der Waals surface area contributed by atoms with E-state index < -0.39 is 0 Å². The number of nitrogens with zero attached hydrogens (tertiary/aromatic N) is 2. The maximum atomic E-state index is 12.8. The Bertz CT molecular complexity index is 823. The normalized spacial score (nSPS) is 22.1. The highest BCUT2D eigenvalue weighted by atomic mass is 35.5. The Morgan fingerprint density at radius 2 is 1.92 bits per heavy atom. The molecule has 2 unspecified atom stereocenters. The predicted molar refractivity (Wildman–Crippen MR) is 93.7 cm³/mol. The third-order valence-corrected chi connectivity index (χ3v) is 4.97. The van der Waals surface area contributed by atoms with Crippen molar-refractivity contribution in [3.63, 3.8) is 0 Å². The monoisotopic (exact) mass is 360 g/mol. The minimum atomic E-state index is -0.109. The SMILES string of the molecule is O=C(c1ccc(Cl)cc1Cl)N1CC2ON=C(c3ccccc3)C2C1. The largest absolute Gasteiger partial charge is 0.390 e. The van der Waals surface area contributed by atoms with Crippen molar-refractivity contribution in [2.75, 3.05) is 13.1 Å². The van der Waals surface area contributed by atoms with Crippen molar-refractivity contribution in [1.82, 2.24) is 4.90 Å². The summed E-state index contributed by atoms with van der Waals surface area (Å²) >= 11 is 12.1. The number of oxime groups is 1. The van der Waals surface area contributed by atoms with Gasteiger partial charge in [0.25, 0.3) is 5.91 Å². The topological polar surface area (TPSA) is 41.9 Å². The Hall–Kier alpha value is -2.04. The van der Waals surface area contributed by atoms with Crippen molar-refractivity contribution in [2.24, 2.45) is 11.1 Å². The highest BCUT2D eigenvalue weighted by Gasteiger charge is 2.44. The predicted octanol–water partition coefficient (Wildman–Crippen LogP) is 3.87. The summed E-state index contributed by atoms with van der Waals surface area (Å²) < 4.78 is 0. The van der Waals surface area contributed by atoms with Crippen LogP contribution in [0.2, 0.25) is 10.0 Å². The molecule has 2 aromatic carbocycles. The van der Waals surface area contributed by atoms with Gasteiger partial charge in [0.05, 0.1) is 28.8 Å². The van der Waals surface area contributed by atoms with Gasteiger partial charge in [-0.05, 0) is 23.8 Å². The number of hydrogen-bond donors (Lipinski definition) is 0. The first kappa shape index (κ1) is 15.5. The number of fused-ring (bicyclic) bond motifs is 1. The van der Waals surface area contributed by atoms with Gasteiger partial charge in [-0.2, -0.15) is 0 Å². The van der Waals surface area contributed by atoms with E-state index in [1.807, 2.05) is 30.3 Å². The van der Waals surface area contributed by atoms with Gasteiger partial charge in [0, 0.05) is 11.6 Å². The van der Waals surface area contributed by atoms with Crippen molar-refractivity contribution in [2.45, 2.75) is 6.10 Å². The van der Waals surface area contributed by atoms with Gasteiger partial charge in [-0.3, -0.25) is 4.79 Å². The summed E-state index contributed by atoms with van der Waals surface area (Å²) in [5.41, 5.74) is 2.39. The number of carbonyl (C=O) groups is 1. The van der Waals surface area contributed by atoms with E-state index in [2.05, 4.69) is 5.16 Å². The zero-order valence-corrected chi connectivity index (χ0v) is 14.2. The second kappa shape index (κ2) is 6.11. The molecule has 2 atom stereocenters. The van der Waals surface area contributed by atoms with Crippen LogP contribution in [0.4, 0.5) is 0 Å². The number of rotatable bonds is 2. The molecule has 2 aliphatic heterocycles. The lowest BCUT2D eigenvalue weighted by atomic mass is 9.95. The molecule has 0 saturated carbocycles. The Morgan fingerprint density at radius 1 is 1.12 bits per heavy atom. The molecule has 0 radical (unpaired) electrons. The Labute approximate surface area is 149 Å². The van der Waals surface area contributed by atoms with Crippen LogP contribution in [-0.2, 0) is 4.84 Å². The van der Waals surface area contributed by atoms with E-state index in [1.165, 1.54) is 0 Å². The lowest BCUT2D eigenvalue weighted by molar-refractivity contribution is 0.0631. The lowest BCUT2D eigenvalue weighted by Crippen LogP contribution is -2.30. The van der Waals surface area contributed by atoms with Gasteiger partial charge in [0.15, 0.2) is 6.10 Å². The molecule has 1 saturated heterocycles. The first-order chi connectivity index (χ1) is 11.6. The van der Waals surface area contributed by atoms with Gasteiger partial charge in [-0.1, -0.05) is 58.7 Å². The maximum Gasteiger partial charge on any atom is 0.255 e. The molecule has 0 spiro atoms. The molecule has 0 N–H and O–H groups in total. The van der Waals surface area contributed by atoms with Crippen molar-refractivity contribution in [3.8, 4) is 0 Å². The molecule has 6 heteroatoms. The van der Waals surface area contributed by atoms with Gasteiger partial charge >= 0.3 is 0 Å². The fourth-order valence-electron chi connectivity index (χ4n) is 3.21. The number of benzene rings is 2. The van der Waals surface area contributed by atoms with E-state index in [4.69, 9.17) is 28.0 Å². The Balaban J connectivity index is 1.55. The van der Waals surface area contributed by atoms with Crippen LogP contribution in [0.25, 0.3) is 0 Å². The molecule has 0 bridgehead atoms. The third-order valence-electron chi connectivity index (χ3n) is 4.42. The summed E-state index contributed by atoms with van der Waals surface area (Å²) in [4.78, 5) is 20.1. The highest BCUT2D eigenvalue weighted by Crippen LogP contribution is 2.32. The van der Waals surface area contributed by atoms with Crippen LogP contribution in [0.3, 0.4) is 0 Å². The Kier molecular flexibility index (Phi) is 3.94. The minimum absolute atomic E-state index is 0.0856. The van der Waals surface area contributed by atoms with E-state index >= 15 is 0 Å². The summed E-state index contributed by atoms with van der Waals surface area (Å²) in [6.45, 7) is 1.07. The number of hydrogen-bond acceptors (Lipinski definition) is 3. The first-order valence-corrected chi connectivity index (χ1v) is 8.42. The Morgan fingerprint density at radius 3 is 2.67 bits per heavy atom. The molecule has 2 heterocycles. The first-order valence-electron chi connectivity index (χ1n) is 7.67. The fourth-order valence-corrected chi connectivity index (χ4v) is 3.70. The molecule has 1 amide bonds. The zero-order chi connectivity index (χ0) is 16.7. The van der Waals surface area contributed by atoms with Crippen LogP contribution in [-0.4, -0.2) is 35.7 Å². The van der Waals surface area contributed by atoms with Crippen LogP contribution in [0, 0.1) is 5.92 Å². The molecule has 0 aromatic heterocycles. The molecule has 4 rings (SSSR count). The molecule has 2 aromatic rings. The molecule has 24 heavy (non-hydrogen) atoms. The van der Waals surface area contributed by atoms with E-state index in [0.717, 1.165) is 11.3 Å². The van der Waals surface area contributed by atoms with Crippen molar-refractivity contribution < 1.29 is 9.63 Å². The third kappa shape index (κ3) is 2.66. The van der Waals surface area contributed by atoms with Gasteiger partial charge in [-0.25, -0.2) is 0 Å². The van der Waals surface area contributed by atoms with Crippen LogP contribution in [0.5, 0.6) is 0 Å². The van der Waals surface area contributed by atoms with Gasteiger partial charge in [0.1, 0.15) is 0 Å². The van der Waals surface area contributed by atoms with Crippen LogP contribution < -0.4 is 0 Å². The van der Waals surface area contributed by atoms with Crippen molar-refractivity contribution in [1.29, 1.82) is 0 Å². The summed E-state index contributed by atoms with van der Waals surface area (Å²) in [7, 11) is 0. The van der Waals surface area contributed by atoms with E-state index in [9.17, 15) is 4.79 Å². The zero-order valence-electron chi connectivity index (χ0n) is 12.7. The van der Waals surface area contributed by atoms with Crippen LogP contribution in [0.1, 0.15) is 15.9 Å². The molecule has 2 aliphatic rings. The molecule has 1 fully saturated rings. The van der Waals surface area contributed by atoms with E-state index in [0.29, 0.717) is 28.7 Å². The second-order valence-electron chi connectivity index (χ2n) is 5.93. The van der Waals surface area contributed by atoms with Crippen molar-refractivity contribution in [3.05, 3.63) is 69.7 Å². The second-order valence-corrected chi connectivity index (χ2v) is 6.77. The number of likely N-dealkylation sites (tertiary alicyclic amines) is 1. The quantitative estimate of drug-likeness (QED) is 0.815. The number of carbonyl (C=O) groups excluding carboxylic acids is 1. The molecule has 122 valence electrons. The highest BCUT2D eigenvalue weighted by molar-refractivity contribution is 6.36.